The molecule has 0 atom stereocenters. The van der Waals surface area contributed by atoms with E-state index in [1.165, 1.54) is 5.56 Å². The Kier molecular flexibility index (Phi) is 4.63. The fourth-order valence-corrected chi connectivity index (χ4v) is 2.21. The average molecular weight is 275 g/mol. The Hall–Kier alpha value is -2.01. The van der Waals surface area contributed by atoms with Crippen molar-refractivity contribution in [3.63, 3.8) is 0 Å². The molecule has 2 aromatic rings. The summed E-state index contributed by atoms with van der Waals surface area (Å²) in [4.78, 5) is 0. The molecule has 5 heteroatoms. The van der Waals surface area contributed by atoms with Gasteiger partial charge in [0, 0.05) is 20.1 Å². The van der Waals surface area contributed by atoms with Crippen LogP contribution in [0.2, 0.25) is 0 Å². The summed E-state index contributed by atoms with van der Waals surface area (Å²) >= 11 is 0. The number of aromatic nitrogens is 2. The number of hydrogen-bond donors (Lipinski definition) is 1. The van der Waals surface area contributed by atoms with Gasteiger partial charge in [0.1, 0.15) is 5.75 Å². The molecule has 1 aromatic carbocycles. The zero-order valence-electron chi connectivity index (χ0n) is 12.4. The molecule has 1 N–H and O–H groups in total. The first-order valence-electron chi connectivity index (χ1n) is 6.55. The minimum absolute atomic E-state index is 0.731. The number of aryl methyl sites for hydroxylation is 2. The van der Waals surface area contributed by atoms with Crippen LogP contribution in [0.25, 0.3) is 0 Å². The Labute approximate surface area is 119 Å². The number of nitrogens with one attached hydrogen (secondary N) is 1. The molecule has 0 aliphatic rings. The summed E-state index contributed by atoms with van der Waals surface area (Å²) in [5.74, 6) is 1.68. The van der Waals surface area contributed by atoms with E-state index in [-0.39, 0.29) is 0 Å². The summed E-state index contributed by atoms with van der Waals surface area (Å²) in [5, 5.41) is 7.78. The fourth-order valence-electron chi connectivity index (χ4n) is 2.21. The fraction of sp³-hybridized carbons (Fsp3) is 0.400. The second-order valence-electron chi connectivity index (χ2n) is 4.65. The lowest BCUT2D eigenvalue weighted by atomic mass is 10.2. The van der Waals surface area contributed by atoms with Crippen LogP contribution in [0.5, 0.6) is 11.6 Å². The van der Waals surface area contributed by atoms with Crippen LogP contribution in [0.1, 0.15) is 16.8 Å². The molecule has 108 valence electrons. The van der Waals surface area contributed by atoms with Gasteiger partial charge in [0.05, 0.1) is 25.5 Å². The Morgan fingerprint density at radius 2 is 1.80 bits per heavy atom. The van der Waals surface area contributed by atoms with Crippen molar-refractivity contribution in [3.05, 3.63) is 41.1 Å². The van der Waals surface area contributed by atoms with E-state index in [0.29, 0.717) is 0 Å². The predicted octanol–water partition coefficient (Wildman–Crippen LogP) is 2.04. The summed E-state index contributed by atoms with van der Waals surface area (Å²) < 4.78 is 12.3. The molecule has 0 unspecified atom stereocenters. The maximum atomic E-state index is 5.37. The molecule has 0 aliphatic heterocycles. The smallest absolute Gasteiger partial charge is 0.216 e. The summed E-state index contributed by atoms with van der Waals surface area (Å²) in [7, 11) is 5.23. The molecule has 2 rings (SSSR count). The van der Waals surface area contributed by atoms with Crippen LogP contribution in [0.3, 0.4) is 0 Å². The number of benzene rings is 1. The van der Waals surface area contributed by atoms with Crippen molar-refractivity contribution in [2.24, 2.45) is 7.05 Å². The zero-order valence-corrected chi connectivity index (χ0v) is 12.4. The number of methoxy groups -OCH3 is 2. The van der Waals surface area contributed by atoms with E-state index in [1.807, 2.05) is 26.1 Å². The van der Waals surface area contributed by atoms with Gasteiger partial charge in [-0.1, -0.05) is 12.1 Å². The SMILES string of the molecule is COc1ccc(CNCc2c(C)nn(C)c2OC)cc1. The molecular weight excluding hydrogens is 254 g/mol. The second kappa shape index (κ2) is 6.43. The predicted molar refractivity (Wildman–Crippen MR) is 78.0 cm³/mol. The van der Waals surface area contributed by atoms with E-state index < -0.39 is 0 Å². The van der Waals surface area contributed by atoms with Crippen LogP contribution < -0.4 is 14.8 Å². The second-order valence-corrected chi connectivity index (χ2v) is 4.65. The first kappa shape index (κ1) is 14.4. The van der Waals surface area contributed by atoms with Crippen LogP contribution >= 0.6 is 0 Å². The summed E-state index contributed by atoms with van der Waals surface area (Å²) in [6.45, 7) is 3.52. The van der Waals surface area contributed by atoms with E-state index in [1.54, 1.807) is 18.9 Å². The number of nitrogens with zero attached hydrogens (tertiary/aromatic N) is 2. The molecule has 0 saturated heterocycles. The van der Waals surface area contributed by atoms with Crippen LogP contribution in [-0.2, 0) is 20.1 Å². The topological polar surface area (TPSA) is 48.3 Å². The monoisotopic (exact) mass is 275 g/mol. The number of ether oxygens (including phenoxy) is 2. The minimum atomic E-state index is 0.731. The van der Waals surface area contributed by atoms with Crippen LogP contribution in [-0.4, -0.2) is 24.0 Å². The molecule has 0 spiro atoms. The Balaban J connectivity index is 1.95. The van der Waals surface area contributed by atoms with Crippen molar-refractivity contribution in [1.82, 2.24) is 15.1 Å². The molecule has 1 heterocycles. The third-order valence-corrected chi connectivity index (χ3v) is 3.27. The van der Waals surface area contributed by atoms with Gasteiger partial charge in [0.25, 0.3) is 0 Å². The highest BCUT2D eigenvalue weighted by Gasteiger charge is 2.12. The quantitative estimate of drug-likeness (QED) is 0.876. The molecule has 5 nitrogen and oxygen atoms in total. The van der Waals surface area contributed by atoms with Crippen LogP contribution in [0.4, 0.5) is 0 Å². The van der Waals surface area contributed by atoms with E-state index in [2.05, 4.69) is 22.5 Å². The largest absolute Gasteiger partial charge is 0.497 e. The average Bonchev–Trinajstić information content (AvgIpc) is 2.73. The molecule has 0 bridgehead atoms. The van der Waals surface area contributed by atoms with Crippen LogP contribution in [0.15, 0.2) is 24.3 Å². The third kappa shape index (κ3) is 3.11. The highest BCUT2D eigenvalue weighted by atomic mass is 16.5. The molecular formula is C15H21N3O2. The molecule has 0 saturated carbocycles. The number of hydrogen-bond acceptors (Lipinski definition) is 4. The maximum absolute atomic E-state index is 5.37. The Morgan fingerprint density at radius 1 is 1.10 bits per heavy atom. The van der Waals surface area contributed by atoms with Gasteiger partial charge < -0.3 is 14.8 Å². The van der Waals surface area contributed by atoms with Crippen molar-refractivity contribution in [2.45, 2.75) is 20.0 Å². The first-order chi connectivity index (χ1) is 9.65. The zero-order chi connectivity index (χ0) is 14.5. The Morgan fingerprint density at radius 3 is 2.40 bits per heavy atom. The van der Waals surface area contributed by atoms with E-state index in [0.717, 1.165) is 36.0 Å². The van der Waals surface area contributed by atoms with E-state index in [4.69, 9.17) is 9.47 Å². The highest BCUT2D eigenvalue weighted by molar-refractivity contribution is 5.31. The normalized spacial score (nSPS) is 10.6. The molecule has 0 amide bonds. The molecule has 0 radical (unpaired) electrons. The first-order valence-corrected chi connectivity index (χ1v) is 6.55. The van der Waals surface area contributed by atoms with Crippen molar-refractivity contribution in [1.29, 1.82) is 0 Å². The molecule has 20 heavy (non-hydrogen) atoms. The van der Waals surface area contributed by atoms with Crippen molar-refractivity contribution < 1.29 is 9.47 Å². The van der Waals surface area contributed by atoms with Crippen LogP contribution in [0, 0.1) is 6.92 Å². The molecule has 0 aliphatic carbocycles. The summed E-state index contributed by atoms with van der Waals surface area (Å²) in [5.41, 5.74) is 3.31. The van der Waals surface area contributed by atoms with Crippen molar-refractivity contribution in [3.8, 4) is 11.6 Å². The summed E-state index contributed by atoms with van der Waals surface area (Å²) in [6.07, 6.45) is 0. The molecule has 0 fully saturated rings. The van der Waals surface area contributed by atoms with Gasteiger partial charge in [-0.15, -0.1) is 0 Å². The van der Waals surface area contributed by atoms with Gasteiger partial charge in [0.15, 0.2) is 0 Å². The lowest BCUT2D eigenvalue weighted by Gasteiger charge is -2.07. The Bertz CT molecular complexity index is 561. The molecule has 1 aromatic heterocycles. The van der Waals surface area contributed by atoms with E-state index in [9.17, 15) is 0 Å². The minimum Gasteiger partial charge on any atom is -0.497 e. The van der Waals surface area contributed by atoms with Gasteiger partial charge in [-0.05, 0) is 24.6 Å². The van der Waals surface area contributed by atoms with Crippen molar-refractivity contribution >= 4 is 0 Å². The van der Waals surface area contributed by atoms with Gasteiger partial charge in [-0.3, -0.25) is 0 Å². The highest BCUT2D eigenvalue weighted by Crippen LogP contribution is 2.20. The van der Waals surface area contributed by atoms with Gasteiger partial charge in [-0.25, -0.2) is 4.68 Å². The van der Waals surface area contributed by atoms with E-state index >= 15 is 0 Å². The third-order valence-electron chi connectivity index (χ3n) is 3.27. The van der Waals surface area contributed by atoms with Gasteiger partial charge in [-0.2, -0.15) is 5.10 Å². The van der Waals surface area contributed by atoms with Crippen molar-refractivity contribution in [2.75, 3.05) is 14.2 Å². The maximum Gasteiger partial charge on any atom is 0.216 e. The van der Waals surface area contributed by atoms with Gasteiger partial charge in [0.2, 0.25) is 5.88 Å². The standard InChI is InChI=1S/C15H21N3O2/c1-11-14(15(20-4)18(2)17-11)10-16-9-12-5-7-13(19-3)8-6-12/h5-8,16H,9-10H2,1-4H3. The number of rotatable bonds is 6. The van der Waals surface area contributed by atoms with Gasteiger partial charge >= 0.3 is 0 Å². The lowest BCUT2D eigenvalue weighted by Crippen LogP contribution is -2.13. The summed E-state index contributed by atoms with van der Waals surface area (Å²) in [6, 6.07) is 8.04. The lowest BCUT2D eigenvalue weighted by molar-refractivity contribution is 0.368.